The van der Waals surface area contributed by atoms with E-state index in [1.54, 1.807) is 6.20 Å². The van der Waals surface area contributed by atoms with Crippen molar-refractivity contribution in [2.24, 2.45) is 0 Å². The molecule has 1 aromatic heterocycles. The van der Waals surface area contributed by atoms with Crippen LogP contribution in [0.2, 0.25) is 0 Å². The van der Waals surface area contributed by atoms with Crippen LogP contribution in [-0.2, 0) is 0 Å². The first-order valence-corrected chi connectivity index (χ1v) is 5.68. The molecule has 1 atom stereocenters. The molecule has 3 heteroatoms. The second-order valence-corrected chi connectivity index (χ2v) is 4.12. The minimum Gasteiger partial charge on any atom is -0.307 e. The van der Waals surface area contributed by atoms with Crippen molar-refractivity contribution in [3.63, 3.8) is 0 Å². The number of nitriles is 1. The fourth-order valence-corrected chi connectivity index (χ4v) is 1.54. The molecule has 16 heavy (non-hydrogen) atoms. The third-order valence-corrected chi connectivity index (χ3v) is 2.79. The third kappa shape index (κ3) is 3.63. The number of pyridine rings is 1. The van der Waals surface area contributed by atoms with Gasteiger partial charge in [-0.25, -0.2) is 0 Å². The van der Waals surface area contributed by atoms with E-state index in [4.69, 9.17) is 5.26 Å². The molecule has 0 N–H and O–H groups in total. The average Bonchev–Trinajstić information content (AvgIpc) is 2.29. The monoisotopic (exact) mass is 217 g/mol. The highest BCUT2D eigenvalue weighted by Crippen LogP contribution is 2.17. The van der Waals surface area contributed by atoms with Gasteiger partial charge in [-0.2, -0.15) is 5.26 Å². The van der Waals surface area contributed by atoms with E-state index in [-0.39, 0.29) is 5.92 Å². The van der Waals surface area contributed by atoms with Crippen LogP contribution < -0.4 is 0 Å². The van der Waals surface area contributed by atoms with Gasteiger partial charge in [0.25, 0.3) is 0 Å². The smallest absolute Gasteiger partial charge is 0.0897 e. The Hall–Kier alpha value is -1.40. The topological polar surface area (TPSA) is 39.9 Å². The van der Waals surface area contributed by atoms with Crippen LogP contribution in [-0.4, -0.2) is 30.0 Å². The second kappa shape index (κ2) is 6.24. The van der Waals surface area contributed by atoms with E-state index in [1.807, 2.05) is 19.1 Å². The fraction of sp³-hybridized carbons (Fsp3) is 0.538. The minimum absolute atomic E-state index is 0.0890. The van der Waals surface area contributed by atoms with Gasteiger partial charge in [-0.1, -0.05) is 6.92 Å². The molecule has 1 aromatic rings. The number of hydrogen-bond donors (Lipinski definition) is 0. The van der Waals surface area contributed by atoms with Crippen LogP contribution in [0, 0.1) is 18.3 Å². The number of aryl methyl sites for hydroxylation is 1. The highest BCUT2D eigenvalue weighted by atomic mass is 15.1. The standard InChI is InChI=1S/C13H19N3/c1-4-16(3)8-6-12(10-14)13-9-11(2)5-7-15-13/h5,7,9,12H,4,6,8H2,1-3H3. The molecule has 0 saturated heterocycles. The maximum absolute atomic E-state index is 9.15. The lowest BCUT2D eigenvalue weighted by molar-refractivity contribution is 0.342. The minimum atomic E-state index is -0.0890. The predicted molar refractivity (Wildman–Crippen MR) is 65.1 cm³/mol. The van der Waals surface area contributed by atoms with E-state index in [0.29, 0.717) is 0 Å². The number of hydrogen-bond acceptors (Lipinski definition) is 3. The first kappa shape index (κ1) is 12.7. The number of aromatic nitrogens is 1. The molecule has 0 aliphatic carbocycles. The molecule has 0 spiro atoms. The zero-order valence-electron chi connectivity index (χ0n) is 10.3. The molecule has 0 aliphatic heterocycles. The summed E-state index contributed by atoms with van der Waals surface area (Å²) in [5.74, 6) is -0.0890. The Labute approximate surface area is 97.7 Å². The Bertz CT molecular complexity index is 368. The summed E-state index contributed by atoms with van der Waals surface area (Å²) in [6, 6.07) is 6.29. The summed E-state index contributed by atoms with van der Waals surface area (Å²) in [4.78, 5) is 6.48. The molecule has 0 fully saturated rings. The van der Waals surface area contributed by atoms with E-state index in [1.165, 1.54) is 0 Å². The van der Waals surface area contributed by atoms with Crippen LogP contribution in [0.3, 0.4) is 0 Å². The van der Waals surface area contributed by atoms with Gasteiger partial charge in [0.05, 0.1) is 17.7 Å². The molecular weight excluding hydrogens is 198 g/mol. The summed E-state index contributed by atoms with van der Waals surface area (Å²) in [6.45, 7) is 6.09. The summed E-state index contributed by atoms with van der Waals surface area (Å²) in [5, 5.41) is 9.15. The number of rotatable bonds is 5. The molecule has 0 radical (unpaired) electrons. The zero-order chi connectivity index (χ0) is 12.0. The van der Waals surface area contributed by atoms with E-state index in [0.717, 1.165) is 30.8 Å². The summed E-state index contributed by atoms with van der Waals surface area (Å²) in [5.41, 5.74) is 2.06. The van der Waals surface area contributed by atoms with Gasteiger partial charge in [0.1, 0.15) is 0 Å². The van der Waals surface area contributed by atoms with Crippen molar-refractivity contribution < 1.29 is 0 Å². The molecule has 3 nitrogen and oxygen atoms in total. The van der Waals surface area contributed by atoms with Crippen LogP contribution in [0.1, 0.15) is 30.5 Å². The summed E-state index contributed by atoms with van der Waals surface area (Å²) in [6.07, 6.45) is 2.62. The molecule has 0 bridgehead atoms. The largest absolute Gasteiger partial charge is 0.307 e. The SMILES string of the molecule is CCN(C)CCC(C#N)c1cc(C)ccn1. The van der Waals surface area contributed by atoms with Crippen LogP contribution in [0.15, 0.2) is 18.3 Å². The van der Waals surface area contributed by atoms with Crippen molar-refractivity contribution in [1.82, 2.24) is 9.88 Å². The molecule has 0 amide bonds. The van der Waals surface area contributed by atoms with Gasteiger partial charge in [-0.15, -0.1) is 0 Å². The zero-order valence-corrected chi connectivity index (χ0v) is 10.3. The van der Waals surface area contributed by atoms with Gasteiger partial charge in [0.15, 0.2) is 0 Å². The van der Waals surface area contributed by atoms with Crippen LogP contribution in [0.4, 0.5) is 0 Å². The Morgan fingerprint density at radius 2 is 2.31 bits per heavy atom. The van der Waals surface area contributed by atoms with Crippen LogP contribution in [0.25, 0.3) is 0 Å². The van der Waals surface area contributed by atoms with Crippen molar-refractivity contribution in [3.8, 4) is 6.07 Å². The quantitative estimate of drug-likeness (QED) is 0.760. The molecule has 0 aromatic carbocycles. The first-order valence-electron chi connectivity index (χ1n) is 5.68. The number of nitrogens with zero attached hydrogens (tertiary/aromatic N) is 3. The lowest BCUT2D eigenvalue weighted by Crippen LogP contribution is -2.20. The Balaban J connectivity index is 2.65. The molecule has 1 heterocycles. The first-order chi connectivity index (χ1) is 7.67. The Morgan fingerprint density at radius 1 is 1.56 bits per heavy atom. The lowest BCUT2D eigenvalue weighted by Gasteiger charge is -2.15. The van der Waals surface area contributed by atoms with E-state index in [2.05, 4.69) is 29.9 Å². The predicted octanol–water partition coefficient (Wildman–Crippen LogP) is 2.34. The van der Waals surface area contributed by atoms with Crippen molar-refractivity contribution in [3.05, 3.63) is 29.6 Å². The van der Waals surface area contributed by atoms with Gasteiger partial charge in [0.2, 0.25) is 0 Å². The molecule has 86 valence electrons. The highest BCUT2D eigenvalue weighted by molar-refractivity contribution is 5.21. The molecule has 0 aliphatic rings. The van der Waals surface area contributed by atoms with Crippen LogP contribution in [0.5, 0.6) is 0 Å². The van der Waals surface area contributed by atoms with Gasteiger partial charge in [-0.3, -0.25) is 4.98 Å². The molecule has 0 saturated carbocycles. The van der Waals surface area contributed by atoms with Gasteiger partial charge in [-0.05, 0) is 51.2 Å². The van der Waals surface area contributed by atoms with Gasteiger partial charge < -0.3 is 4.90 Å². The fourth-order valence-electron chi connectivity index (χ4n) is 1.54. The third-order valence-electron chi connectivity index (χ3n) is 2.79. The van der Waals surface area contributed by atoms with Crippen molar-refractivity contribution in [1.29, 1.82) is 5.26 Å². The van der Waals surface area contributed by atoms with Crippen molar-refractivity contribution >= 4 is 0 Å². The summed E-state index contributed by atoms with van der Waals surface area (Å²) >= 11 is 0. The molecule has 1 rings (SSSR count). The highest BCUT2D eigenvalue weighted by Gasteiger charge is 2.12. The Morgan fingerprint density at radius 3 is 2.88 bits per heavy atom. The van der Waals surface area contributed by atoms with Crippen molar-refractivity contribution in [2.75, 3.05) is 20.1 Å². The van der Waals surface area contributed by atoms with Gasteiger partial charge >= 0.3 is 0 Å². The summed E-state index contributed by atoms with van der Waals surface area (Å²) in [7, 11) is 2.07. The average molecular weight is 217 g/mol. The Kier molecular flexibility index (Phi) is 4.94. The second-order valence-electron chi connectivity index (χ2n) is 4.12. The van der Waals surface area contributed by atoms with Gasteiger partial charge in [0, 0.05) is 6.20 Å². The van der Waals surface area contributed by atoms with E-state index < -0.39 is 0 Å². The van der Waals surface area contributed by atoms with Crippen LogP contribution >= 0.6 is 0 Å². The lowest BCUT2D eigenvalue weighted by atomic mass is 10.0. The normalized spacial score (nSPS) is 12.4. The van der Waals surface area contributed by atoms with E-state index >= 15 is 0 Å². The van der Waals surface area contributed by atoms with Crippen molar-refractivity contribution in [2.45, 2.75) is 26.2 Å². The summed E-state index contributed by atoms with van der Waals surface area (Å²) < 4.78 is 0. The molecule has 1 unspecified atom stereocenters. The maximum Gasteiger partial charge on any atom is 0.0897 e. The molecular formula is C13H19N3. The maximum atomic E-state index is 9.15. The van der Waals surface area contributed by atoms with E-state index in [9.17, 15) is 0 Å².